The zero-order valence-corrected chi connectivity index (χ0v) is 18.1. The molecule has 164 valence electrons. The molecule has 2 N–H and O–H groups in total. The van der Waals surface area contributed by atoms with Crippen molar-refractivity contribution in [2.45, 2.75) is 17.5 Å². The highest BCUT2D eigenvalue weighted by Crippen LogP contribution is 2.33. The Morgan fingerprint density at radius 2 is 1.61 bits per heavy atom. The summed E-state index contributed by atoms with van der Waals surface area (Å²) in [5.74, 6) is -0.387. The van der Waals surface area contributed by atoms with Crippen LogP contribution >= 0.6 is 11.8 Å². The van der Waals surface area contributed by atoms with E-state index in [9.17, 15) is 19.8 Å². The van der Waals surface area contributed by atoms with Crippen molar-refractivity contribution in [2.24, 2.45) is 0 Å². The molecule has 0 fully saturated rings. The molecule has 33 heavy (non-hydrogen) atoms. The van der Waals surface area contributed by atoms with Gasteiger partial charge in [0.1, 0.15) is 5.58 Å². The van der Waals surface area contributed by atoms with Crippen LogP contribution < -0.4 is 11.2 Å². The van der Waals surface area contributed by atoms with Gasteiger partial charge in [-0.1, -0.05) is 54.2 Å². The fourth-order valence-corrected chi connectivity index (χ4v) is 4.67. The van der Waals surface area contributed by atoms with E-state index in [0.29, 0.717) is 39.3 Å². The molecule has 0 amide bonds. The zero-order chi connectivity index (χ0) is 22.9. The Balaban J connectivity index is 1.59. The maximum atomic E-state index is 13.3. The number of aromatic nitrogens is 2. The molecule has 0 aliphatic rings. The number of benzene rings is 3. The van der Waals surface area contributed by atoms with Crippen LogP contribution in [0.4, 0.5) is 0 Å². The van der Waals surface area contributed by atoms with Crippen LogP contribution in [0, 0.1) is 0 Å². The van der Waals surface area contributed by atoms with Crippen LogP contribution in [-0.4, -0.2) is 19.8 Å². The predicted octanol–water partition coefficient (Wildman–Crippen LogP) is 4.25. The van der Waals surface area contributed by atoms with Gasteiger partial charge in [0.25, 0.3) is 5.56 Å². The number of phenols is 2. The molecule has 5 rings (SSSR count). The van der Waals surface area contributed by atoms with E-state index in [1.807, 2.05) is 42.5 Å². The third-order valence-electron chi connectivity index (χ3n) is 5.29. The molecule has 0 saturated heterocycles. The van der Waals surface area contributed by atoms with E-state index in [-0.39, 0.29) is 22.6 Å². The number of rotatable bonds is 5. The van der Waals surface area contributed by atoms with Crippen LogP contribution in [-0.2, 0) is 12.3 Å². The number of para-hydroxylation sites is 1. The molecule has 2 aromatic heterocycles. The molecule has 3 aromatic carbocycles. The monoisotopic (exact) mass is 458 g/mol. The zero-order valence-electron chi connectivity index (χ0n) is 17.3. The molecule has 0 aliphatic heterocycles. The lowest BCUT2D eigenvalue weighted by Crippen LogP contribution is -2.24. The smallest absolute Gasteiger partial charge is 0.336 e. The molecule has 0 spiro atoms. The van der Waals surface area contributed by atoms with Gasteiger partial charge < -0.3 is 14.6 Å². The first-order valence-corrected chi connectivity index (χ1v) is 11.1. The number of hydrogen-bond donors (Lipinski definition) is 2. The van der Waals surface area contributed by atoms with Gasteiger partial charge in [0.15, 0.2) is 16.7 Å². The minimum atomic E-state index is -0.573. The van der Waals surface area contributed by atoms with Crippen LogP contribution in [0.15, 0.2) is 92.0 Å². The van der Waals surface area contributed by atoms with E-state index in [1.54, 1.807) is 16.7 Å². The molecule has 0 radical (unpaired) electrons. The van der Waals surface area contributed by atoms with Crippen molar-refractivity contribution in [3.8, 4) is 11.5 Å². The SMILES string of the molecule is O=c1cc(CSc2nc3ccccc3c(=O)n2Cc2ccccc2)c2cc(O)c(O)cc2o1. The molecule has 0 unspecified atom stereocenters. The van der Waals surface area contributed by atoms with Gasteiger partial charge >= 0.3 is 5.63 Å². The average molecular weight is 458 g/mol. The lowest BCUT2D eigenvalue weighted by Gasteiger charge is -2.14. The number of hydrogen-bond acceptors (Lipinski definition) is 7. The third kappa shape index (κ3) is 4.08. The maximum absolute atomic E-state index is 13.3. The average Bonchev–Trinajstić information content (AvgIpc) is 2.81. The predicted molar refractivity (Wildman–Crippen MR) is 127 cm³/mol. The van der Waals surface area contributed by atoms with Crippen LogP contribution in [0.25, 0.3) is 21.9 Å². The molecule has 2 heterocycles. The van der Waals surface area contributed by atoms with Crippen molar-refractivity contribution in [1.82, 2.24) is 9.55 Å². The second-order valence-corrected chi connectivity index (χ2v) is 8.45. The Kier molecular flexibility index (Phi) is 5.35. The van der Waals surface area contributed by atoms with Gasteiger partial charge in [-0.15, -0.1) is 0 Å². The normalized spacial score (nSPS) is 11.3. The van der Waals surface area contributed by atoms with E-state index >= 15 is 0 Å². The minimum Gasteiger partial charge on any atom is -0.504 e. The van der Waals surface area contributed by atoms with Gasteiger partial charge in [0.2, 0.25) is 0 Å². The topological polar surface area (TPSA) is 106 Å². The van der Waals surface area contributed by atoms with Gasteiger partial charge in [-0.2, -0.15) is 0 Å². The quantitative estimate of drug-likeness (QED) is 0.175. The summed E-state index contributed by atoms with van der Waals surface area (Å²) in [5.41, 5.74) is 1.60. The summed E-state index contributed by atoms with van der Waals surface area (Å²) in [5, 5.41) is 21.2. The fourth-order valence-electron chi connectivity index (χ4n) is 3.68. The van der Waals surface area contributed by atoms with Crippen LogP contribution in [0.2, 0.25) is 0 Å². The van der Waals surface area contributed by atoms with Crippen LogP contribution in [0.3, 0.4) is 0 Å². The molecule has 0 saturated carbocycles. The molecule has 0 atom stereocenters. The number of fused-ring (bicyclic) bond motifs is 2. The second kappa shape index (κ2) is 8.48. The maximum Gasteiger partial charge on any atom is 0.336 e. The number of thioether (sulfide) groups is 1. The standard InChI is InChI=1S/C25H18N2O5S/c28-20-11-18-16(10-23(30)32-22(18)12-21(20)29)14-33-25-26-19-9-5-4-8-17(19)24(31)27(25)13-15-6-2-1-3-7-15/h1-12,28-29H,13-14H2. The summed E-state index contributed by atoms with van der Waals surface area (Å²) in [6.45, 7) is 0.353. The Hall–Kier alpha value is -4.04. The molecular weight excluding hydrogens is 440 g/mol. The van der Waals surface area contributed by atoms with Gasteiger partial charge in [-0.3, -0.25) is 9.36 Å². The Labute approximate surface area is 191 Å². The lowest BCUT2D eigenvalue weighted by molar-refractivity contribution is 0.403. The number of nitrogens with zero attached hydrogens (tertiary/aromatic N) is 2. The first-order valence-electron chi connectivity index (χ1n) is 10.1. The van der Waals surface area contributed by atoms with Crippen molar-refractivity contribution in [3.63, 3.8) is 0 Å². The van der Waals surface area contributed by atoms with Gasteiger partial charge in [0.05, 0.1) is 17.4 Å². The largest absolute Gasteiger partial charge is 0.504 e. The van der Waals surface area contributed by atoms with Gasteiger partial charge in [-0.05, 0) is 29.3 Å². The molecule has 0 bridgehead atoms. The van der Waals surface area contributed by atoms with Gasteiger partial charge in [0, 0.05) is 23.3 Å². The summed E-state index contributed by atoms with van der Waals surface area (Å²) < 4.78 is 6.79. The van der Waals surface area contributed by atoms with E-state index in [1.165, 1.54) is 30.0 Å². The highest BCUT2D eigenvalue weighted by Gasteiger charge is 2.15. The summed E-state index contributed by atoms with van der Waals surface area (Å²) >= 11 is 1.31. The summed E-state index contributed by atoms with van der Waals surface area (Å²) in [6, 6.07) is 20.7. The number of phenolic OH excluding ortho intramolecular Hbond substituents is 2. The molecule has 7 nitrogen and oxygen atoms in total. The van der Waals surface area contributed by atoms with Crippen LogP contribution in [0.1, 0.15) is 11.1 Å². The first kappa shape index (κ1) is 20.8. The molecule has 0 aliphatic carbocycles. The van der Waals surface area contributed by atoms with E-state index in [2.05, 4.69) is 0 Å². The lowest BCUT2D eigenvalue weighted by atomic mass is 10.1. The Morgan fingerprint density at radius 1 is 0.879 bits per heavy atom. The van der Waals surface area contributed by atoms with Crippen LogP contribution in [0.5, 0.6) is 11.5 Å². The van der Waals surface area contributed by atoms with Gasteiger partial charge in [-0.25, -0.2) is 9.78 Å². The van der Waals surface area contributed by atoms with E-state index in [4.69, 9.17) is 9.40 Å². The first-order chi connectivity index (χ1) is 16.0. The molecular formula is C25H18N2O5S. The van der Waals surface area contributed by atoms with Crippen molar-refractivity contribution < 1.29 is 14.6 Å². The summed E-state index contributed by atoms with van der Waals surface area (Å²) in [4.78, 5) is 30.1. The van der Waals surface area contributed by atoms with Crippen molar-refractivity contribution in [2.75, 3.05) is 0 Å². The third-order valence-corrected chi connectivity index (χ3v) is 6.32. The number of aromatic hydroxyl groups is 2. The summed E-state index contributed by atoms with van der Waals surface area (Å²) in [6.07, 6.45) is 0. The Bertz CT molecular complexity index is 1610. The Morgan fingerprint density at radius 3 is 2.42 bits per heavy atom. The fraction of sp³-hybridized carbons (Fsp3) is 0.0800. The highest BCUT2D eigenvalue weighted by atomic mass is 32.2. The van der Waals surface area contributed by atoms with Crippen molar-refractivity contribution >= 4 is 33.6 Å². The molecule has 5 aromatic rings. The molecule has 8 heteroatoms. The second-order valence-electron chi connectivity index (χ2n) is 7.50. The van der Waals surface area contributed by atoms with E-state index < -0.39 is 5.63 Å². The highest BCUT2D eigenvalue weighted by molar-refractivity contribution is 7.98. The van der Waals surface area contributed by atoms with E-state index in [0.717, 1.165) is 5.56 Å². The van der Waals surface area contributed by atoms with Crippen molar-refractivity contribution in [3.05, 3.63) is 105 Å². The summed E-state index contributed by atoms with van der Waals surface area (Å²) in [7, 11) is 0. The minimum absolute atomic E-state index is 0.146. The van der Waals surface area contributed by atoms with Crippen molar-refractivity contribution in [1.29, 1.82) is 0 Å².